The van der Waals surface area contributed by atoms with Crippen LogP contribution in [0.25, 0.3) is 0 Å². The molecule has 3 rings (SSSR count). The molecule has 0 saturated heterocycles. The Labute approximate surface area is 117 Å². The van der Waals surface area contributed by atoms with Crippen molar-refractivity contribution in [3.63, 3.8) is 0 Å². The van der Waals surface area contributed by atoms with E-state index >= 15 is 0 Å². The second-order valence-electron chi connectivity index (χ2n) is 5.03. The van der Waals surface area contributed by atoms with E-state index in [1.165, 1.54) is 6.33 Å². The van der Waals surface area contributed by atoms with Crippen molar-refractivity contribution in [1.29, 1.82) is 0 Å². The first kappa shape index (κ1) is 12.6. The second kappa shape index (κ2) is 4.92. The Hall–Kier alpha value is -2.43. The van der Waals surface area contributed by atoms with E-state index in [1.54, 1.807) is 4.90 Å². The predicted molar refractivity (Wildman–Crippen MR) is 76.1 cm³/mol. The molecule has 0 spiro atoms. The molecule has 1 aromatic carbocycles. The minimum Gasteiger partial charge on any atom is -0.383 e. The Morgan fingerprint density at radius 3 is 2.75 bits per heavy atom. The molecule has 0 saturated carbocycles. The Morgan fingerprint density at radius 1 is 1.25 bits per heavy atom. The van der Waals surface area contributed by atoms with E-state index in [4.69, 9.17) is 5.73 Å². The maximum Gasteiger partial charge on any atom is 0.254 e. The lowest BCUT2D eigenvalue weighted by molar-refractivity contribution is 0.0732. The molecule has 2 aromatic rings. The summed E-state index contributed by atoms with van der Waals surface area (Å²) in [6, 6.07) is 7.62. The van der Waals surface area contributed by atoms with E-state index in [0.29, 0.717) is 30.9 Å². The van der Waals surface area contributed by atoms with Gasteiger partial charge in [-0.1, -0.05) is 17.7 Å². The average Bonchev–Trinajstić information content (AvgIpc) is 2.47. The normalized spacial score (nSPS) is 13.9. The highest BCUT2D eigenvalue weighted by molar-refractivity contribution is 5.94. The SMILES string of the molecule is Cc1ccc(C(=O)N2CCc3c(N)ncnc3C2)cc1. The number of anilines is 1. The van der Waals surface area contributed by atoms with E-state index in [9.17, 15) is 4.79 Å². The Bertz CT molecular complexity index is 651. The number of nitrogens with two attached hydrogens (primary N) is 1. The van der Waals surface area contributed by atoms with Crippen molar-refractivity contribution in [3.05, 3.63) is 53.0 Å². The number of aromatic nitrogens is 2. The van der Waals surface area contributed by atoms with Gasteiger partial charge in [0.05, 0.1) is 12.2 Å². The molecule has 1 aliphatic rings. The maximum absolute atomic E-state index is 12.5. The summed E-state index contributed by atoms with van der Waals surface area (Å²) in [5, 5.41) is 0. The first-order valence-electron chi connectivity index (χ1n) is 6.59. The van der Waals surface area contributed by atoms with Gasteiger partial charge in [-0.15, -0.1) is 0 Å². The van der Waals surface area contributed by atoms with Crippen molar-refractivity contribution in [2.45, 2.75) is 19.9 Å². The van der Waals surface area contributed by atoms with Crippen LogP contribution in [0, 0.1) is 6.92 Å². The predicted octanol–water partition coefficient (Wildman–Crippen LogP) is 1.57. The number of rotatable bonds is 1. The zero-order chi connectivity index (χ0) is 14.1. The molecular formula is C15H16N4O. The molecule has 1 aliphatic heterocycles. The number of nitrogens with zero attached hydrogens (tertiary/aromatic N) is 3. The molecule has 5 nitrogen and oxygen atoms in total. The van der Waals surface area contributed by atoms with Crippen LogP contribution in [-0.2, 0) is 13.0 Å². The average molecular weight is 268 g/mol. The third-order valence-corrected chi connectivity index (χ3v) is 3.63. The standard InChI is InChI=1S/C15H16N4O/c1-10-2-4-11(5-3-10)15(20)19-7-6-12-13(8-19)17-9-18-14(12)16/h2-5,9H,6-8H2,1H3,(H2,16,17,18). The molecule has 20 heavy (non-hydrogen) atoms. The fraction of sp³-hybridized carbons (Fsp3) is 0.267. The van der Waals surface area contributed by atoms with E-state index in [0.717, 1.165) is 16.8 Å². The van der Waals surface area contributed by atoms with Gasteiger partial charge in [0.1, 0.15) is 12.1 Å². The van der Waals surface area contributed by atoms with Gasteiger partial charge in [-0.2, -0.15) is 0 Å². The third kappa shape index (κ3) is 2.22. The Kier molecular flexibility index (Phi) is 3.10. The largest absolute Gasteiger partial charge is 0.383 e. The van der Waals surface area contributed by atoms with Crippen molar-refractivity contribution in [2.24, 2.45) is 0 Å². The third-order valence-electron chi connectivity index (χ3n) is 3.63. The van der Waals surface area contributed by atoms with Gasteiger partial charge in [0.15, 0.2) is 0 Å². The van der Waals surface area contributed by atoms with Crippen LogP contribution in [0.1, 0.15) is 27.2 Å². The smallest absolute Gasteiger partial charge is 0.254 e. The van der Waals surface area contributed by atoms with E-state index in [-0.39, 0.29) is 5.91 Å². The molecule has 1 amide bonds. The minimum atomic E-state index is 0.0350. The van der Waals surface area contributed by atoms with Crippen molar-refractivity contribution in [3.8, 4) is 0 Å². The van der Waals surface area contributed by atoms with E-state index in [2.05, 4.69) is 9.97 Å². The number of carbonyl (C=O) groups is 1. The number of fused-ring (bicyclic) bond motifs is 1. The molecule has 5 heteroatoms. The molecule has 0 atom stereocenters. The van der Waals surface area contributed by atoms with Gasteiger partial charge in [0.25, 0.3) is 5.91 Å². The van der Waals surface area contributed by atoms with E-state index in [1.807, 2.05) is 31.2 Å². The second-order valence-corrected chi connectivity index (χ2v) is 5.03. The summed E-state index contributed by atoms with van der Waals surface area (Å²) in [7, 11) is 0. The highest BCUT2D eigenvalue weighted by Crippen LogP contribution is 2.21. The molecular weight excluding hydrogens is 252 g/mol. The summed E-state index contributed by atoms with van der Waals surface area (Å²) in [6.07, 6.45) is 2.16. The maximum atomic E-state index is 12.5. The Morgan fingerprint density at radius 2 is 2.00 bits per heavy atom. The van der Waals surface area contributed by atoms with Crippen LogP contribution in [0.2, 0.25) is 0 Å². The van der Waals surface area contributed by atoms with Gasteiger partial charge < -0.3 is 10.6 Å². The van der Waals surface area contributed by atoms with Gasteiger partial charge in [-0.05, 0) is 25.5 Å². The van der Waals surface area contributed by atoms with Crippen LogP contribution < -0.4 is 5.73 Å². The molecule has 0 fully saturated rings. The van der Waals surface area contributed by atoms with Crippen LogP contribution in [0.15, 0.2) is 30.6 Å². The molecule has 2 heterocycles. The van der Waals surface area contributed by atoms with Crippen molar-refractivity contribution in [2.75, 3.05) is 12.3 Å². The lowest BCUT2D eigenvalue weighted by Crippen LogP contribution is -2.36. The number of benzene rings is 1. The molecule has 2 N–H and O–H groups in total. The number of amides is 1. The number of aryl methyl sites for hydroxylation is 1. The monoisotopic (exact) mass is 268 g/mol. The molecule has 1 aromatic heterocycles. The molecule has 102 valence electrons. The summed E-state index contributed by atoms with van der Waals surface area (Å²) < 4.78 is 0. The minimum absolute atomic E-state index is 0.0350. The molecule has 0 bridgehead atoms. The van der Waals surface area contributed by atoms with Crippen LogP contribution in [0.5, 0.6) is 0 Å². The lowest BCUT2D eigenvalue weighted by Gasteiger charge is -2.28. The van der Waals surface area contributed by atoms with Crippen LogP contribution in [-0.4, -0.2) is 27.3 Å². The van der Waals surface area contributed by atoms with Gasteiger partial charge in [-0.25, -0.2) is 9.97 Å². The number of carbonyl (C=O) groups excluding carboxylic acids is 1. The van der Waals surface area contributed by atoms with Gasteiger partial charge in [0, 0.05) is 17.7 Å². The van der Waals surface area contributed by atoms with Crippen molar-refractivity contribution in [1.82, 2.24) is 14.9 Å². The van der Waals surface area contributed by atoms with Crippen LogP contribution >= 0.6 is 0 Å². The molecule has 0 aliphatic carbocycles. The quantitative estimate of drug-likeness (QED) is 0.852. The highest BCUT2D eigenvalue weighted by atomic mass is 16.2. The zero-order valence-electron chi connectivity index (χ0n) is 11.3. The number of hydrogen-bond donors (Lipinski definition) is 1. The van der Waals surface area contributed by atoms with Gasteiger partial charge >= 0.3 is 0 Å². The van der Waals surface area contributed by atoms with Gasteiger partial charge in [0.2, 0.25) is 0 Å². The first-order valence-corrected chi connectivity index (χ1v) is 6.59. The highest BCUT2D eigenvalue weighted by Gasteiger charge is 2.24. The summed E-state index contributed by atoms with van der Waals surface area (Å²) in [5.41, 5.74) is 9.51. The summed E-state index contributed by atoms with van der Waals surface area (Å²) in [5.74, 6) is 0.560. The first-order chi connectivity index (χ1) is 9.65. The molecule has 0 unspecified atom stereocenters. The van der Waals surface area contributed by atoms with Crippen molar-refractivity contribution >= 4 is 11.7 Å². The van der Waals surface area contributed by atoms with E-state index < -0.39 is 0 Å². The van der Waals surface area contributed by atoms with Gasteiger partial charge in [-0.3, -0.25) is 4.79 Å². The Balaban J connectivity index is 1.83. The fourth-order valence-electron chi connectivity index (χ4n) is 2.43. The molecule has 0 radical (unpaired) electrons. The topological polar surface area (TPSA) is 72.1 Å². The lowest BCUT2D eigenvalue weighted by atomic mass is 10.0. The van der Waals surface area contributed by atoms with Crippen LogP contribution in [0.4, 0.5) is 5.82 Å². The van der Waals surface area contributed by atoms with Crippen LogP contribution in [0.3, 0.4) is 0 Å². The number of hydrogen-bond acceptors (Lipinski definition) is 4. The fourth-order valence-corrected chi connectivity index (χ4v) is 2.43. The number of nitrogen functional groups attached to an aromatic ring is 1. The van der Waals surface area contributed by atoms with Crippen molar-refractivity contribution < 1.29 is 4.79 Å². The summed E-state index contributed by atoms with van der Waals surface area (Å²) in [4.78, 5) is 22.5. The summed E-state index contributed by atoms with van der Waals surface area (Å²) >= 11 is 0. The zero-order valence-corrected chi connectivity index (χ0v) is 11.3. The summed E-state index contributed by atoms with van der Waals surface area (Å²) in [6.45, 7) is 3.15.